The van der Waals surface area contributed by atoms with Crippen molar-refractivity contribution in [2.75, 3.05) is 12.4 Å². The highest BCUT2D eigenvalue weighted by molar-refractivity contribution is 7.89. The van der Waals surface area contributed by atoms with Gasteiger partial charge in [0.15, 0.2) is 0 Å². The topological polar surface area (TPSA) is 102 Å². The van der Waals surface area contributed by atoms with Crippen LogP contribution in [0, 0.1) is 0 Å². The van der Waals surface area contributed by atoms with Crippen molar-refractivity contribution in [3.63, 3.8) is 0 Å². The predicted octanol–water partition coefficient (Wildman–Crippen LogP) is 3.97. The standard InChI is InChI=1S/C25H25ClN2O5S/c1-33-24(29)16-9-18-7-12-21(13-8-18)27-25(30)23(17-19-5-3-2-4-6-19)28-34(31,32)22-14-10-20(26)11-15-22/h2-8,10-15,23,28H,9,16-17H2,1H3,(H,27,30)/t23-/m0/s1. The largest absolute Gasteiger partial charge is 0.469 e. The van der Waals surface area contributed by atoms with Crippen LogP contribution in [-0.4, -0.2) is 33.4 Å². The first-order valence-electron chi connectivity index (χ1n) is 10.6. The molecule has 34 heavy (non-hydrogen) atoms. The van der Waals surface area contributed by atoms with E-state index >= 15 is 0 Å². The van der Waals surface area contributed by atoms with Gasteiger partial charge in [0.2, 0.25) is 15.9 Å². The second kappa shape index (κ2) is 11.8. The molecule has 0 aliphatic heterocycles. The number of ether oxygens (including phenoxy) is 1. The molecule has 0 saturated heterocycles. The van der Waals surface area contributed by atoms with Crippen molar-refractivity contribution in [2.24, 2.45) is 0 Å². The summed E-state index contributed by atoms with van der Waals surface area (Å²) in [6.45, 7) is 0. The van der Waals surface area contributed by atoms with Crippen LogP contribution in [0.15, 0.2) is 83.8 Å². The molecule has 0 aliphatic rings. The maximum absolute atomic E-state index is 13.1. The van der Waals surface area contributed by atoms with Gasteiger partial charge in [0.25, 0.3) is 0 Å². The van der Waals surface area contributed by atoms with E-state index in [1.165, 1.54) is 31.4 Å². The lowest BCUT2D eigenvalue weighted by Crippen LogP contribution is -2.45. The molecule has 9 heteroatoms. The smallest absolute Gasteiger partial charge is 0.305 e. The summed E-state index contributed by atoms with van der Waals surface area (Å²) in [6.07, 6.45) is 0.933. The highest BCUT2D eigenvalue weighted by atomic mass is 35.5. The summed E-state index contributed by atoms with van der Waals surface area (Å²) >= 11 is 5.87. The van der Waals surface area contributed by atoms with Crippen LogP contribution in [0.4, 0.5) is 5.69 Å². The Morgan fingerprint density at radius 2 is 1.56 bits per heavy atom. The van der Waals surface area contributed by atoms with Crippen LogP contribution in [-0.2, 0) is 37.2 Å². The van der Waals surface area contributed by atoms with Crippen LogP contribution in [0.5, 0.6) is 0 Å². The van der Waals surface area contributed by atoms with Crippen molar-refractivity contribution >= 4 is 39.2 Å². The molecule has 3 aromatic carbocycles. The van der Waals surface area contributed by atoms with Gasteiger partial charge in [-0.05, 0) is 60.4 Å². The van der Waals surface area contributed by atoms with Crippen LogP contribution in [0.1, 0.15) is 17.5 Å². The third-order valence-electron chi connectivity index (χ3n) is 5.09. The van der Waals surface area contributed by atoms with Gasteiger partial charge in [-0.25, -0.2) is 8.42 Å². The molecule has 1 atom stereocenters. The van der Waals surface area contributed by atoms with Gasteiger partial charge in [-0.2, -0.15) is 4.72 Å². The maximum Gasteiger partial charge on any atom is 0.305 e. The van der Waals surface area contributed by atoms with Crippen molar-refractivity contribution in [2.45, 2.75) is 30.2 Å². The Morgan fingerprint density at radius 1 is 0.912 bits per heavy atom. The van der Waals surface area contributed by atoms with E-state index in [1.807, 2.05) is 30.3 Å². The Labute approximate surface area is 204 Å². The molecule has 0 aromatic heterocycles. The number of carbonyl (C=O) groups excluding carboxylic acids is 2. The summed E-state index contributed by atoms with van der Waals surface area (Å²) in [6, 6.07) is 20.8. The van der Waals surface area contributed by atoms with Gasteiger partial charge >= 0.3 is 5.97 Å². The Morgan fingerprint density at radius 3 is 2.18 bits per heavy atom. The average molecular weight is 501 g/mol. The number of hydrogen-bond acceptors (Lipinski definition) is 5. The highest BCUT2D eigenvalue weighted by Crippen LogP contribution is 2.17. The monoisotopic (exact) mass is 500 g/mol. The fourth-order valence-electron chi connectivity index (χ4n) is 3.24. The number of amides is 1. The minimum atomic E-state index is -3.97. The van der Waals surface area contributed by atoms with E-state index in [0.717, 1.165) is 11.1 Å². The lowest BCUT2D eigenvalue weighted by atomic mass is 10.1. The first-order valence-corrected chi connectivity index (χ1v) is 12.4. The van der Waals surface area contributed by atoms with Crippen molar-refractivity contribution in [1.29, 1.82) is 0 Å². The van der Waals surface area contributed by atoms with Gasteiger partial charge in [-0.1, -0.05) is 54.1 Å². The van der Waals surface area contributed by atoms with E-state index in [1.54, 1.807) is 24.3 Å². The molecule has 3 aromatic rings. The first-order chi connectivity index (χ1) is 16.3. The molecule has 0 aliphatic carbocycles. The normalized spacial score (nSPS) is 12.1. The summed E-state index contributed by atoms with van der Waals surface area (Å²) in [4.78, 5) is 24.4. The predicted molar refractivity (Wildman–Crippen MR) is 131 cm³/mol. The molecule has 0 unspecified atom stereocenters. The third-order valence-corrected chi connectivity index (χ3v) is 6.83. The molecule has 0 bridgehead atoms. The van der Waals surface area contributed by atoms with Crippen molar-refractivity contribution in [3.8, 4) is 0 Å². The van der Waals surface area contributed by atoms with Crippen LogP contribution in [0.25, 0.3) is 0 Å². The maximum atomic E-state index is 13.1. The zero-order chi connectivity index (χ0) is 24.6. The second-order valence-electron chi connectivity index (χ2n) is 7.58. The molecule has 1 amide bonds. The molecule has 0 fully saturated rings. The number of halogens is 1. The number of rotatable bonds is 10. The van der Waals surface area contributed by atoms with Crippen LogP contribution in [0.2, 0.25) is 5.02 Å². The minimum Gasteiger partial charge on any atom is -0.469 e. The van der Waals surface area contributed by atoms with Crippen LogP contribution < -0.4 is 10.0 Å². The lowest BCUT2D eigenvalue weighted by molar-refractivity contribution is -0.140. The van der Waals surface area contributed by atoms with Crippen LogP contribution in [0.3, 0.4) is 0 Å². The molecule has 0 radical (unpaired) electrons. The van der Waals surface area contributed by atoms with Gasteiger partial charge in [0.1, 0.15) is 6.04 Å². The lowest BCUT2D eigenvalue weighted by Gasteiger charge is -2.19. The van der Waals surface area contributed by atoms with Crippen molar-refractivity contribution in [3.05, 3.63) is 95.0 Å². The fraction of sp³-hybridized carbons (Fsp3) is 0.200. The summed E-state index contributed by atoms with van der Waals surface area (Å²) in [5.41, 5.74) is 2.22. The van der Waals surface area contributed by atoms with E-state index in [9.17, 15) is 18.0 Å². The van der Waals surface area contributed by atoms with E-state index in [-0.39, 0.29) is 23.7 Å². The zero-order valence-corrected chi connectivity index (χ0v) is 20.1. The SMILES string of the molecule is COC(=O)CCc1ccc(NC(=O)[C@H](Cc2ccccc2)NS(=O)(=O)c2ccc(Cl)cc2)cc1. The number of benzene rings is 3. The van der Waals surface area contributed by atoms with E-state index < -0.39 is 22.0 Å². The summed E-state index contributed by atoms with van der Waals surface area (Å²) in [5.74, 6) is -0.794. The number of anilines is 1. The molecule has 0 heterocycles. The Kier molecular flexibility index (Phi) is 8.81. The summed E-state index contributed by atoms with van der Waals surface area (Å²) < 4.78 is 33.0. The quantitative estimate of drug-likeness (QED) is 0.410. The average Bonchev–Trinajstić information content (AvgIpc) is 2.83. The van der Waals surface area contributed by atoms with Gasteiger partial charge in [-0.3, -0.25) is 9.59 Å². The number of methoxy groups -OCH3 is 1. The molecule has 3 rings (SSSR count). The molecule has 2 N–H and O–H groups in total. The zero-order valence-electron chi connectivity index (χ0n) is 18.5. The highest BCUT2D eigenvalue weighted by Gasteiger charge is 2.26. The fourth-order valence-corrected chi connectivity index (χ4v) is 4.56. The Bertz CT molecular complexity index is 1210. The minimum absolute atomic E-state index is 0.0118. The Hall–Kier alpha value is -3.20. The van der Waals surface area contributed by atoms with Gasteiger partial charge < -0.3 is 10.1 Å². The third kappa shape index (κ3) is 7.41. The second-order valence-corrected chi connectivity index (χ2v) is 9.73. The van der Waals surface area contributed by atoms with Gasteiger partial charge in [-0.15, -0.1) is 0 Å². The molecule has 0 spiro atoms. The Balaban J connectivity index is 1.75. The number of esters is 1. The van der Waals surface area contributed by atoms with Gasteiger partial charge in [0, 0.05) is 17.1 Å². The van der Waals surface area contributed by atoms with E-state index in [2.05, 4.69) is 14.8 Å². The van der Waals surface area contributed by atoms with Crippen LogP contribution >= 0.6 is 11.6 Å². The van der Waals surface area contributed by atoms with Gasteiger partial charge in [0.05, 0.1) is 12.0 Å². The molecule has 0 saturated carbocycles. The molecular weight excluding hydrogens is 476 g/mol. The van der Waals surface area contributed by atoms with E-state index in [0.29, 0.717) is 17.1 Å². The number of carbonyl (C=O) groups is 2. The number of aryl methyl sites for hydroxylation is 1. The summed E-state index contributed by atoms with van der Waals surface area (Å²) in [5, 5.41) is 3.18. The molecule has 178 valence electrons. The molecular formula is C25H25ClN2O5S. The van der Waals surface area contributed by atoms with Crippen molar-refractivity contribution in [1.82, 2.24) is 4.72 Å². The van der Waals surface area contributed by atoms with E-state index in [4.69, 9.17) is 11.6 Å². The number of nitrogens with one attached hydrogen (secondary N) is 2. The number of hydrogen-bond donors (Lipinski definition) is 2. The first kappa shape index (κ1) is 25.4. The summed E-state index contributed by atoms with van der Waals surface area (Å²) in [7, 11) is -2.63. The molecule has 7 nitrogen and oxygen atoms in total. The number of sulfonamides is 1. The van der Waals surface area contributed by atoms with Crippen molar-refractivity contribution < 1.29 is 22.7 Å².